The first-order chi connectivity index (χ1) is 25.5. The summed E-state index contributed by atoms with van der Waals surface area (Å²) < 4.78 is 8.62. The summed E-state index contributed by atoms with van der Waals surface area (Å²) in [4.78, 5) is 15.7. The molecule has 3 heterocycles. The molecule has 9 aromatic rings. The van der Waals surface area contributed by atoms with Crippen LogP contribution in [0.3, 0.4) is 0 Å². The summed E-state index contributed by atoms with van der Waals surface area (Å²) in [6.07, 6.45) is 0. The van der Waals surface area contributed by atoms with E-state index in [1.165, 1.54) is 32.9 Å². The maximum atomic E-state index is 6.29. The van der Waals surface area contributed by atoms with Gasteiger partial charge in [-0.05, 0) is 82.0 Å². The summed E-state index contributed by atoms with van der Waals surface area (Å²) >= 11 is 0. The van der Waals surface area contributed by atoms with E-state index >= 15 is 0 Å². The number of fused-ring (bicyclic) bond motifs is 7. The van der Waals surface area contributed by atoms with Gasteiger partial charge in [-0.3, -0.25) is 0 Å². The van der Waals surface area contributed by atoms with Gasteiger partial charge in [0, 0.05) is 43.9 Å². The molecule has 0 radical (unpaired) electrons. The Bertz CT molecular complexity index is 2870. The Morgan fingerprint density at radius 2 is 1.02 bits per heavy atom. The molecule has 1 aliphatic carbocycles. The number of furan rings is 1. The quantitative estimate of drug-likeness (QED) is 0.185. The van der Waals surface area contributed by atoms with E-state index in [2.05, 4.69) is 149 Å². The van der Waals surface area contributed by atoms with Crippen LogP contribution in [-0.4, -0.2) is 19.5 Å². The largest absolute Gasteiger partial charge is 0.456 e. The molecule has 0 unspecified atom stereocenters. The minimum absolute atomic E-state index is 0.00981. The monoisotopic (exact) mass is 688 g/mol. The molecule has 1 aliphatic rings. The molecular formula is C48H40N4O. The number of hydrogen-bond donors (Lipinski definition) is 0. The maximum absolute atomic E-state index is 6.29. The minimum Gasteiger partial charge on any atom is -0.456 e. The second kappa shape index (κ2) is 11.0. The van der Waals surface area contributed by atoms with Crippen molar-refractivity contribution in [2.24, 2.45) is 5.41 Å². The van der Waals surface area contributed by atoms with Gasteiger partial charge in [0.15, 0.2) is 17.5 Å². The zero-order valence-electron chi connectivity index (χ0n) is 30.9. The fraction of sp³-hybridized carbons (Fsp3) is 0.188. The van der Waals surface area contributed by atoms with Gasteiger partial charge in [-0.15, -0.1) is 0 Å². The lowest BCUT2D eigenvalue weighted by Gasteiger charge is -2.44. The van der Waals surface area contributed by atoms with Crippen molar-refractivity contribution in [3.63, 3.8) is 0 Å². The Morgan fingerprint density at radius 3 is 1.72 bits per heavy atom. The van der Waals surface area contributed by atoms with Crippen LogP contribution >= 0.6 is 0 Å². The van der Waals surface area contributed by atoms with E-state index in [-0.39, 0.29) is 16.2 Å². The second-order valence-corrected chi connectivity index (χ2v) is 16.1. The predicted molar refractivity (Wildman–Crippen MR) is 218 cm³/mol. The molecule has 0 fully saturated rings. The molecule has 0 spiro atoms. The molecule has 5 heteroatoms. The Morgan fingerprint density at radius 1 is 0.472 bits per heavy atom. The van der Waals surface area contributed by atoms with Crippen molar-refractivity contribution in [3.8, 4) is 39.9 Å². The van der Waals surface area contributed by atoms with Gasteiger partial charge in [0.25, 0.3) is 0 Å². The fourth-order valence-electron chi connectivity index (χ4n) is 8.88. The second-order valence-electron chi connectivity index (χ2n) is 16.1. The highest BCUT2D eigenvalue weighted by molar-refractivity contribution is 6.12. The van der Waals surface area contributed by atoms with E-state index in [1.807, 2.05) is 30.3 Å². The maximum Gasteiger partial charge on any atom is 0.164 e. The number of para-hydroxylation sites is 3. The van der Waals surface area contributed by atoms with E-state index in [1.54, 1.807) is 0 Å². The number of rotatable bonds is 4. The van der Waals surface area contributed by atoms with Crippen molar-refractivity contribution in [2.45, 2.75) is 52.4 Å². The third-order valence-electron chi connectivity index (χ3n) is 13.0. The van der Waals surface area contributed by atoms with Gasteiger partial charge in [0.1, 0.15) is 11.2 Å². The highest BCUT2D eigenvalue weighted by Crippen LogP contribution is 2.61. The van der Waals surface area contributed by atoms with E-state index in [4.69, 9.17) is 19.4 Å². The van der Waals surface area contributed by atoms with E-state index < -0.39 is 0 Å². The molecule has 3 aromatic heterocycles. The molecule has 5 nitrogen and oxygen atoms in total. The Labute approximate surface area is 309 Å². The Kier molecular flexibility index (Phi) is 6.55. The van der Waals surface area contributed by atoms with Gasteiger partial charge in [0.05, 0.1) is 11.0 Å². The molecule has 0 saturated heterocycles. The summed E-state index contributed by atoms with van der Waals surface area (Å²) in [7, 11) is 0. The van der Waals surface area contributed by atoms with Crippen LogP contribution in [0.1, 0.15) is 52.7 Å². The SMILES string of the molecule is CC1(C)c2ccc(-c3nc(-c4ccc(-n5c6ccccc6c6ccccc65)cc4)nc(-c4cccc5oc6ccccc6c45)n3)cc2C(C)(C)C1(C)C. The van der Waals surface area contributed by atoms with Crippen molar-refractivity contribution < 1.29 is 4.42 Å². The third kappa shape index (κ3) is 4.40. The molecule has 0 saturated carbocycles. The van der Waals surface area contributed by atoms with Gasteiger partial charge < -0.3 is 8.98 Å². The molecule has 0 bridgehead atoms. The Hall–Kier alpha value is -6.07. The number of nitrogens with zero attached hydrogens (tertiary/aromatic N) is 4. The number of hydrogen-bond acceptors (Lipinski definition) is 4. The van der Waals surface area contributed by atoms with Crippen LogP contribution in [0.25, 0.3) is 83.6 Å². The zero-order valence-corrected chi connectivity index (χ0v) is 30.9. The first kappa shape index (κ1) is 31.6. The smallest absolute Gasteiger partial charge is 0.164 e. The summed E-state index contributed by atoms with van der Waals surface area (Å²) in [5.74, 6) is 1.90. The van der Waals surface area contributed by atoms with Gasteiger partial charge in [-0.2, -0.15) is 0 Å². The van der Waals surface area contributed by atoms with Crippen LogP contribution in [0.5, 0.6) is 0 Å². The highest BCUT2D eigenvalue weighted by Gasteiger charge is 2.56. The zero-order chi connectivity index (χ0) is 36.3. The van der Waals surface area contributed by atoms with Crippen molar-refractivity contribution in [1.82, 2.24) is 19.5 Å². The molecule has 53 heavy (non-hydrogen) atoms. The van der Waals surface area contributed by atoms with E-state index in [9.17, 15) is 0 Å². The van der Waals surface area contributed by atoms with Crippen molar-refractivity contribution >= 4 is 43.7 Å². The molecule has 10 rings (SSSR count). The van der Waals surface area contributed by atoms with Crippen molar-refractivity contribution in [3.05, 3.63) is 145 Å². The number of benzene rings is 6. The highest BCUT2D eigenvalue weighted by atomic mass is 16.3. The Balaban J connectivity index is 1.17. The van der Waals surface area contributed by atoms with Gasteiger partial charge in [-0.25, -0.2) is 15.0 Å². The lowest BCUT2D eigenvalue weighted by atomic mass is 9.59. The summed E-state index contributed by atoms with van der Waals surface area (Å²) in [6.45, 7) is 14.3. The summed E-state index contributed by atoms with van der Waals surface area (Å²) in [5, 5.41) is 4.53. The van der Waals surface area contributed by atoms with Gasteiger partial charge in [0.2, 0.25) is 0 Å². The van der Waals surface area contributed by atoms with Crippen LogP contribution in [0.4, 0.5) is 0 Å². The molecule has 258 valence electrons. The van der Waals surface area contributed by atoms with Crippen LogP contribution in [0, 0.1) is 5.41 Å². The van der Waals surface area contributed by atoms with Gasteiger partial charge in [-0.1, -0.05) is 120 Å². The third-order valence-corrected chi connectivity index (χ3v) is 13.0. The molecule has 0 aliphatic heterocycles. The lowest BCUT2D eigenvalue weighted by molar-refractivity contribution is 0.125. The van der Waals surface area contributed by atoms with Crippen LogP contribution in [0.2, 0.25) is 0 Å². The van der Waals surface area contributed by atoms with Crippen molar-refractivity contribution in [2.75, 3.05) is 0 Å². The lowest BCUT2D eigenvalue weighted by Crippen LogP contribution is -2.42. The topological polar surface area (TPSA) is 56.7 Å². The fourth-order valence-corrected chi connectivity index (χ4v) is 8.88. The van der Waals surface area contributed by atoms with Gasteiger partial charge >= 0.3 is 0 Å². The summed E-state index contributed by atoms with van der Waals surface area (Å²) in [6, 6.07) is 46.9. The molecule has 0 amide bonds. The van der Waals surface area contributed by atoms with E-state index in [0.29, 0.717) is 17.5 Å². The molecular weight excluding hydrogens is 649 g/mol. The van der Waals surface area contributed by atoms with Crippen molar-refractivity contribution in [1.29, 1.82) is 0 Å². The molecule has 0 atom stereocenters. The van der Waals surface area contributed by atoms with Crippen LogP contribution in [-0.2, 0) is 10.8 Å². The molecule has 6 aromatic carbocycles. The van der Waals surface area contributed by atoms with Crippen LogP contribution < -0.4 is 0 Å². The average Bonchev–Trinajstić information content (AvgIpc) is 3.76. The van der Waals surface area contributed by atoms with Crippen LogP contribution in [0.15, 0.2) is 138 Å². The first-order valence-electron chi connectivity index (χ1n) is 18.5. The normalized spacial score (nSPS) is 15.8. The first-order valence-corrected chi connectivity index (χ1v) is 18.5. The molecule has 0 N–H and O–H groups in total. The standard InChI is InChI=1S/C48H40N4O/c1-46(2)36-27-24-30(28-37(36)47(3,4)48(46,5)6)44-49-43(50-45(51-44)35-17-13-21-41-42(35)34-16-9-12-20-40(34)53-41)29-22-25-31(26-23-29)52-38-18-10-7-14-32(38)33-15-8-11-19-39(33)52/h7-28H,1-6H3. The predicted octanol–water partition coefficient (Wildman–Crippen LogP) is 12.5. The average molecular weight is 689 g/mol. The minimum atomic E-state index is -0.0511. The van der Waals surface area contributed by atoms with E-state index in [0.717, 1.165) is 44.3 Å². The summed E-state index contributed by atoms with van der Waals surface area (Å²) in [5.41, 5.74) is 10.7. The number of aromatic nitrogens is 4.